The van der Waals surface area contributed by atoms with E-state index in [1.165, 1.54) is 39.5 Å². The topological polar surface area (TPSA) is 291 Å². The Morgan fingerprint density at radius 1 is 0.717 bits per heavy atom. The van der Waals surface area contributed by atoms with Gasteiger partial charge in [-0.1, -0.05) is 141 Å². The molecule has 7 aromatic rings. The Bertz CT molecular complexity index is 3840. The molecule has 2 saturated heterocycles. The molecule has 2 aliphatic rings. The van der Waals surface area contributed by atoms with Crippen LogP contribution in [0.15, 0.2) is 162 Å². The Balaban J connectivity index is 0.000000551. The molecule has 0 saturated carbocycles. The van der Waals surface area contributed by atoms with Gasteiger partial charge in [-0.2, -0.15) is 16.1 Å². The molecule has 0 bridgehead atoms. The molecule has 2 fully saturated rings. The standard InChI is InChI=1S/C55H69N9O9S2.C13H15NO2S/c1-37(2)33-63(75(72,73)44-16-8-4-9-17-44)35-48(66)47(31-39-23-27-43(65)28-24-39)64-34-42(61-62-64)32-57-54(70)45(30-38-21-25-41(26-22-38)53(69)40-14-6-3-7-15-40)58-51(68)20-10-5-13-29-56-50(67)19-12-11-18-49-52-46(36-74-49)59-55(71)60-52;1-14(2)12-8-4-7-11-10(12)6-5-9-13(11)17(3,15)16/h3-4,6-9,14-17,21-28,34,37,45-49,52,65-66H,5,10-13,18-20,29-33,35-36H2,1-2H3,(H,56,67)(H,57,70)(H,58,68)(H2,59,60,71);4-9H,1-3H3/t45-,46-,47-,48?,49-,52-;/m0./s1. The number of nitrogens with one attached hydrogen (secondary N) is 5. The van der Waals surface area contributed by atoms with Crippen LogP contribution in [0, 0.1) is 5.92 Å². The van der Waals surface area contributed by atoms with E-state index in [1.54, 1.807) is 97.2 Å². The van der Waals surface area contributed by atoms with Crippen LogP contribution in [0.3, 0.4) is 0 Å². The maximum atomic E-state index is 14.0. The van der Waals surface area contributed by atoms with Gasteiger partial charge in [0.2, 0.25) is 27.7 Å². The van der Waals surface area contributed by atoms with Crippen LogP contribution in [0.1, 0.15) is 104 Å². The molecule has 2 aliphatic heterocycles. The maximum Gasteiger partial charge on any atom is 0.315 e. The van der Waals surface area contributed by atoms with Crippen LogP contribution >= 0.6 is 11.8 Å². The smallest absolute Gasteiger partial charge is 0.315 e. The first kappa shape index (κ1) is 69.7. The predicted molar refractivity (Wildman–Crippen MR) is 358 cm³/mol. The van der Waals surface area contributed by atoms with E-state index < -0.39 is 44.0 Å². The zero-order valence-electron chi connectivity index (χ0n) is 52.6. The van der Waals surface area contributed by atoms with Gasteiger partial charge in [-0.25, -0.2) is 26.3 Å². The van der Waals surface area contributed by atoms with E-state index in [0.717, 1.165) is 47.0 Å². The number of sulfonamides is 1. The van der Waals surface area contributed by atoms with Crippen molar-refractivity contribution in [3.8, 4) is 5.75 Å². The number of nitrogens with zero attached hydrogens (tertiary/aromatic N) is 5. The van der Waals surface area contributed by atoms with Gasteiger partial charge in [0, 0.05) is 97.8 Å². The number of rotatable bonds is 31. The second kappa shape index (κ2) is 32.9. The molecule has 7 N–H and O–H groups in total. The molecular formula is C68H84N10O11S3. The highest BCUT2D eigenvalue weighted by Crippen LogP contribution is 2.34. The summed E-state index contributed by atoms with van der Waals surface area (Å²) in [5.41, 5.74) is 3.82. The second-order valence-corrected chi connectivity index (χ2v) is 29.2. The molecule has 5 amide bonds. The third kappa shape index (κ3) is 19.7. The van der Waals surface area contributed by atoms with Crippen LogP contribution in [0.2, 0.25) is 0 Å². The van der Waals surface area contributed by atoms with Crippen molar-refractivity contribution < 1.29 is 51.0 Å². The third-order valence-electron chi connectivity index (χ3n) is 16.1. The molecular weight excluding hydrogens is 1230 g/mol. The number of phenols is 1. The van der Waals surface area contributed by atoms with Crippen molar-refractivity contribution in [2.24, 2.45) is 5.92 Å². The minimum atomic E-state index is -4.00. The quantitative estimate of drug-likeness (QED) is 0.0124. The van der Waals surface area contributed by atoms with Crippen LogP contribution in [-0.2, 0) is 53.6 Å². The van der Waals surface area contributed by atoms with Crippen LogP contribution in [0.25, 0.3) is 10.8 Å². The highest BCUT2D eigenvalue weighted by Gasteiger charge is 2.42. The number of hydrogen-bond donors (Lipinski definition) is 7. The number of aromatic hydroxyl groups is 1. The number of carbonyl (C=O) groups excluding carboxylic acids is 5. The number of hydrogen-bond acceptors (Lipinski definition) is 15. The highest BCUT2D eigenvalue weighted by molar-refractivity contribution is 8.00. The van der Waals surface area contributed by atoms with Gasteiger partial charge in [0.25, 0.3) is 0 Å². The predicted octanol–water partition coefficient (Wildman–Crippen LogP) is 7.76. The summed E-state index contributed by atoms with van der Waals surface area (Å²) in [6.07, 6.45) is 6.94. The first-order chi connectivity index (χ1) is 44.0. The summed E-state index contributed by atoms with van der Waals surface area (Å²) in [5.74, 6) is -0.0696. The summed E-state index contributed by atoms with van der Waals surface area (Å²) in [7, 11) is -3.29. The lowest BCUT2D eigenvalue weighted by atomic mass is 9.99. The molecule has 92 heavy (non-hydrogen) atoms. The number of thioether (sulfide) groups is 1. The summed E-state index contributed by atoms with van der Waals surface area (Å²) in [6.45, 7) is 4.07. The number of ketones is 1. The molecule has 0 aliphatic carbocycles. The Kier molecular flexibility index (Phi) is 24.9. The summed E-state index contributed by atoms with van der Waals surface area (Å²) in [5, 5.41) is 47.3. The SMILES string of the molecule is CC(C)CN(CC(O)[C@H](Cc1ccc(O)cc1)n1cc(CNC(=O)[C@H](Cc2ccc(C(=O)c3ccccc3)cc2)NC(=O)CCCCCNC(=O)CCCC[C@@H]2SC[C@@H]3NC(=O)N[C@@H]32)nn1)S(=O)(=O)c1ccccc1.CN(C)c1cccc2c(S(C)(=O)=O)cccc12. The van der Waals surface area contributed by atoms with Crippen LogP contribution < -0.4 is 31.5 Å². The first-order valence-corrected chi connectivity index (χ1v) is 35.4. The number of carbonyl (C=O) groups is 5. The van der Waals surface area contributed by atoms with Gasteiger partial charge in [-0.3, -0.25) is 19.2 Å². The molecule has 0 spiro atoms. The van der Waals surface area contributed by atoms with Crippen LogP contribution in [-0.4, -0.2) is 151 Å². The number of amides is 5. The minimum Gasteiger partial charge on any atom is -0.508 e. The Morgan fingerprint density at radius 2 is 1.36 bits per heavy atom. The fourth-order valence-electron chi connectivity index (χ4n) is 11.3. The van der Waals surface area contributed by atoms with Crippen LogP contribution in [0.5, 0.6) is 5.75 Å². The lowest BCUT2D eigenvalue weighted by Crippen LogP contribution is -2.47. The van der Waals surface area contributed by atoms with E-state index in [2.05, 4.69) is 36.9 Å². The maximum absolute atomic E-state index is 14.0. The molecule has 1 unspecified atom stereocenters. The lowest BCUT2D eigenvalue weighted by Gasteiger charge is -2.30. The van der Waals surface area contributed by atoms with E-state index in [9.17, 15) is 51.0 Å². The van der Waals surface area contributed by atoms with E-state index >= 15 is 0 Å². The number of anilines is 1. The normalized spacial score (nSPS) is 16.3. The van der Waals surface area contributed by atoms with Gasteiger partial charge >= 0.3 is 6.03 Å². The fourth-order valence-corrected chi connectivity index (χ4v) is 15.4. The van der Waals surface area contributed by atoms with Crippen LogP contribution in [0.4, 0.5) is 10.5 Å². The van der Waals surface area contributed by atoms with Crippen molar-refractivity contribution >= 4 is 77.6 Å². The number of fused-ring (bicyclic) bond motifs is 2. The van der Waals surface area contributed by atoms with Crippen molar-refractivity contribution in [2.75, 3.05) is 50.6 Å². The number of phenolic OH excluding ortho intramolecular Hbond substituents is 1. The Hall–Kier alpha value is -8.16. The van der Waals surface area contributed by atoms with Gasteiger partial charge in [0.15, 0.2) is 15.6 Å². The van der Waals surface area contributed by atoms with E-state index in [-0.39, 0.29) is 91.2 Å². The van der Waals surface area contributed by atoms with E-state index in [1.807, 2.05) is 74.9 Å². The van der Waals surface area contributed by atoms with Gasteiger partial charge < -0.3 is 41.7 Å². The average Bonchev–Trinajstić information content (AvgIpc) is 1.14. The van der Waals surface area contributed by atoms with Gasteiger partial charge in [-0.15, -0.1) is 5.10 Å². The second-order valence-electron chi connectivity index (χ2n) is 24.0. The molecule has 3 heterocycles. The number of aliphatic hydroxyl groups excluding tert-OH is 1. The lowest BCUT2D eigenvalue weighted by molar-refractivity contribution is -0.129. The minimum absolute atomic E-state index is 0.0125. The summed E-state index contributed by atoms with van der Waals surface area (Å²) in [6, 6.07) is 39.8. The Labute approximate surface area is 543 Å². The number of aliphatic hydroxyl groups is 1. The number of aromatic nitrogens is 3. The fraction of sp³-hybridized carbons (Fsp3) is 0.397. The number of urea groups is 1. The average molecular weight is 1310 g/mol. The first-order valence-electron chi connectivity index (χ1n) is 31.1. The summed E-state index contributed by atoms with van der Waals surface area (Å²) >= 11 is 1.86. The van der Waals surface area contributed by atoms with Gasteiger partial charge in [0.1, 0.15) is 17.5 Å². The number of sulfone groups is 1. The zero-order valence-corrected chi connectivity index (χ0v) is 55.1. The van der Waals surface area contributed by atoms with Crippen molar-refractivity contribution in [1.82, 2.24) is 45.9 Å². The van der Waals surface area contributed by atoms with Crippen molar-refractivity contribution in [2.45, 2.75) is 130 Å². The van der Waals surface area contributed by atoms with E-state index in [4.69, 9.17) is 0 Å². The van der Waals surface area contributed by atoms with Crippen molar-refractivity contribution in [1.29, 1.82) is 0 Å². The molecule has 6 aromatic carbocycles. The Morgan fingerprint density at radius 3 is 2.05 bits per heavy atom. The molecule has 490 valence electrons. The molecule has 24 heteroatoms. The summed E-state index contributed by atoms with van der Waals surface area (Å²) in [4.78, 5) is 67.3. The van der Waals surface area contributed by atoms with Crippen molar-refractivity contribution in [3.63, 3.8) is 0 Å². The third-order valence-corrected chi connectivity index (χ3v) is 20.6. The zero-order chi connectivity index (χ0) is 66.0. The van der Waals surface area contributed by atoms with Gasteiger partial charge in [0.05, 0.1) is 46.8 Å². The number of benzene rings is 6. The molecule has 6 atom stereocenters. The van der Waals surface area contributed by atoms with Gasteiger partial charge in [-0.05, 0) is 85.5 Å². The molecule has 21 nitrogen and oxygen atoms in total. The number of unbranched alkanes of at least 4 members (excludes halogenated alkanes) is 3. The highest BCUT2D eigenvalue weighted by atomic mass is 32.2. The van der Waals surface area contributed by atoms with E-state index in [0.29, 0.717) is 64.8 Å². The molecule has 0 radical (unpaired) electrons. The summed E-state index contributed by atoms with van der Waals surface area (Å²) < 4.78 is 53.9. The largest absolute Gasteiger partial charge is 0.508 e. The molecule has 1 aromatic heterocycles. The molecule has 9 rings (SSSR count). The monoisotopic (exact) mass is 1310 g/mol. The van der Waals surface area contributed by atoms with Crippen molar-refractivity contribution in [3.05, 3.63) is 180 Å².